The lowest BCUT2D eigenvalue weighted by Crippen LogP contribution is -2.25. The predicted octanol–water partition coefficient (Wildman–Crippen LogP) is 5.04. The maximum Gasteiger partial charge on any atom is 0.0685 e. The van der Waals surface area contributed by atoms with Crippen LogP contribution in [0.5, 0.6) is 0 Å². The molecule has 3 N–H and O–H groups in total. The molecule has 0 aliphatic heterocycles. The second-order valence-corrected chi connectivity index (χ2v) is 8.18. The van der Waals surface area contributed by atoms with E-state index in [0.29, 0.717) is 6.54 Å². The van der Waals surface area contributed by atoms with Gasteiger partial charge in [0.05, 0.1) is 18.8 Å². The lowest BCUT2D eigenvalue weighted by Gasteiger charge is -2.24. The molecule has 0 amide bonds. The van der Waals surface area contributed by atoms with Crippen LogP contribution in [0.25, 0.3) is 5.57 Å². The van der Waals surface area contributed by atoms with E-state index >= 15 is 0 Å². The fourth-order valence-corrected chi connectivity index (χ4v) is 3.71. The molecule has 0 bridgehead atoms. The first-order valence-electron chi connectivity index (χ1n) is 10.9. The number of rotatable bonds is 11. The van der Waals surface area contributed by atoms with Gasteiger partial charge in [0.25, 0.3) is 0 Å². The monoisotopic (exact) mass is 411 g/mol. The van der Waals surface area contributed by atoms with Crippen LogP contribution in [-0.4, -0.2) is 28.0 Å². The van der Waals surface area contributed by atoms with E-state index in [4.69, 9.17) is 0 Å². The number of benzene rings is 2. The van der Waals surface area contributed by atoms with Gasteiger partial charge in [-0.1, -0.05) is 50.3 Å². The highest BCUT2D eigenvalue weighted by molar-refractivity contribution is 5.67. The summed E-state index contributed by atoms with van der Waals surface area (Å²) in [5.74, 6) is 0. The summed E-state index contributed by atoms with van der Waals surface area (Å²) in [6.07, 6.45) is 5.44. The number of aliphatic hydroxyl groups is 3. The van der Waals surface area contributed by atoms with Crippen molar-refractivity contribution in [2.24, 2.45) is 0 Å². The fraction of sp³-hybridized carbons (Fsp3) is 0.462. The predicted molar refractivity (Wildman–Crippen MR) is 125 cm³/mol. The molecule has 30 heavy (non-hydrogen) atoms. The number of hydrogen-bond acceptors (Lipinski definition) is 4. The minimum absolute atomic E-state index is 0.0619. The molecule has 0 aliphatic carbocycles. The molecule has 0 spiro atoms. The van der Waals surface area contributed by atoms with Gasteiger partial charge in [-0.2, -0.15) is 0 Å². The van der Waals surface area contributed by atoms with Gasteiger partial charge in [0.1, 0.15) is 0 Å². The third kappa shape index (κ3) is 6.43. The highest BCUT2D eigenvalue weighted by atomic mass is 16.3. The summed E-state index contributed by atoms with van der Waals surface area (Å²) in [5.41, 5.74) is 5.60. The molecule has 0 aliphatic rings. The zero-order chi connectivity index (χ0) is 22.1. The third-order valence-corrected chi connectivity index (χ3v) is 6.15. The Morgan fingerprint density at radius 3 is 2.33 bits per heavy atom. The smallest absolute Gasteiger partial charge is 0.0685 e. The minimum Gasteiger partial charge on any atom is -0.392 e. The number of aliphatic hydroxyl groups excluding tert-OH is 2. The first-order chi connectivity index (χ1) is 14.4. The summed E-state index contributed by atoms with van der Waals surface area (Å²) in [4.78, 5) is 2.18. The maximum atomic E-state index is 10.5. The number of anilines is 1. The van der Waals surface area contributed by atoms with Crippen LogP contribution in [0.1, 0.15) is 68.7 Å². The van der Waals surface area contributed by atoms with Crippen molar-refractivity contribution in [1.82, 2.24) is 0 Å². The molecule has 0 saturated carbocycles. The molecule has 2 rings (SSSR count). The van der Waals surface area contributed by atoms with E-state index in [9.17, 15) is 15.3 Å². The van der Waals surface area contributed by atoms with Gasteiger partial charge in [0.2, 0.25) is 0 Å². The van der Waals surface area contributed by atoms with Crippen LogP contribution < -0.4 is 4.90 Å². The molecule has 0 unspecified atom stereocenters. The summed E-state index contributed by atoms with van der Waals surface area (Å²) >= 11 is 0. The molecule has 0 fully saturated rings. The summed E-state index contributed by atoms with van der Waals surface area (Å²) in [6, 6.07) is 14.3. The van der Waals surface area contributed by atoms with Crippen LogP contribution in [0, 0.1) is 0 Å². The Labute approximate surface area is 181 Å². The minimum atomic E-state index is -0.558. The summed E-state index contributed by atoms with van der Waals surface area (Å²) < 4.78 is 0. The lowest BCUT2D eigenvalue weighted by atomic mass is 9.91. The Morgan fingerprint density at radius 2 is 1.70 bits per heavy atom. The molecule has 4 heteroatoms. The van der Waals surface area contributed by atoms with E-state index in [2.05, 4.69) is 49.2 Å². The van der Waals surface area contributed by atoms with Crippen LogP contribution in [0.15, 0.2) is 48.5 Å². The third-order valence-electron chi connectivity index (χ3n) is 6.15. The highest BCUT2D eigenvalue weighted by Crippen LogP contribution is 2.25. The number of hydrogen-bond donors (Lipinski definition) is 3. The Hall–Kier alpha value is -2.14. The molecular weight excluding hydrogens is 374 g/mol. The molecule has 4 nitrogen and oxygen atoms in total. The molecule has 0 heterocycles. The van der Waals surface area contributed by atoms with Crippen molar-refractivity contribution in [3.63, 3.8) is 0 Å². The normalized spacial score (nSPS) is 12.3. The quantitative estimate of drug-likeness (QED) is 0.485. The van der Waals surface area contributed by atoms with Crippen molar-refractivity contribution < 1.29 is 15.3 Å². The van der Waals surface area contributed by atoms with Crippen molar-refractivity contribution in [2.75, 3.05) is 11.9 Å². The lowest BCUT2D eigenvalue weighted by molar-refractivity contribution is 0.0246. The number of allylic oxidation sites excluding steroid dienone is 2. The van der Waals surface area contributed by atoms with Gasteiger partial charge in [-0.15, -0.1) is 0 Å². The largest absolute Gasteiger partial charge is 0.392 e. The van der Waals surface area contributed by atoms with Crippen molar-refractivity contribution >= 4 is 11.3 Å². The molecule has 2 aromatic rings. The Morgan fingerprint density at radius 1 is 1.00 bits per heavy atom. The van der Waals surface area contributed by atoms with Gasteiger partial charge in [0, 0.05) is 19.3 Å². The van der Waals surface area contributed by atoms with E-state index < -0.39 is 5.60 Å². The molecule has 164 valence electrons. The van der Waals surface area contributed by atoms with Crippen LogP contribution in [-0.2, 0) is 19.8 Å². The van der Waals surface area contributed by atoms with Gasteiger partial charge < -0.3 is 20.2 Å². The van der Waals surface area contributed by atoms with Crippen LogP contribution in [0.4, 0.5) is 5.69 Å². The van der Waals surface area contributed by atoms with Crippen molar-refractivity contribution in [2.45, 2.75) is 71.8 Å². The number of nitrogens with zero attached hydrogens (tertiary/aromatic N) is 1. The average molecular weight is 412 g/mol. The van der Waals surface area contributed by atoms with E-state index in [1.807, 2.05) is 32.0 Å². The second kappa shape index (κ2) is 11.3. The molecule has 0 saturated heterocycles. The van der Waals surface area contributed by atoms with Gasteiger partial charge in [-0.05, 0) is 72.6 Å². The molecule has 2 aromatic carbocycles. The Bertz CT molecular complexity index is 840. The Balaban J connectivity index is 2.09. The standard InChI is InChI=1S/C26H37NO3/c1-5-26(30,6-2)14-8-9-20(3)22-10-7-11-25(16-22)27(4)17-21-12-13-23(18-28)24(15-21)19-29/h7,9-13,15-16,28-30H,5-6,8,14,17-19H2,1-4H3. The molecule has 0 atom stereocenters. The van der Waals surface area contributed by atoms with Crippen molar-refractivity contribution in [3.8, 4) is 0 Å². The fourth-order valence-electron chi connectivity index (χ4n) is 3.71. The zero-order valence-corrected chi connectivity index (χ0v) is 18.9. The van der Waals surface area contributed by atoms with Crippen molar-refractivity contribution in [3.05, 3.63) is 70.8 Å². The first kappa shape index (κ1) is 24.1. The van der Waals surface area contributed by atoms with Crippen LogP contribution in [0.2, 0.25) is 0 Å². The van der Waals surface area contributed by atoms with E-state index in [-0.39, 0.29) is 13.2 Å². The van der Waals surface area contributed by atoms with Gasteiger partial charge >= 0.3 is 0 Å². The van der Waals surface area contributed by atoms with Crippen LogP contribution in [0.3, 0.4) is 0 Å². The van der Waals surface area contributed by atoms with Gasteiger partial charge in [-0.3, -0.25) is 0 Å². The van der Waals surface area contributed by atoms with Crippen molar-refractivity contribution in [1.29, 1.82) is 0 Å². The molecule has 0 aromatic heterocycles. The highest BCUT2D eigenvalue weighted by Gasteiger charge is 2.20. The van der Waals surface area contributed by atoms with Crippen LogP contribution >= 0.6 is 0 Å². The average Bonchev–Trinajstić information content (AvgIpc) is 2.78. The second-order valence-electron chi connectivity index (χ2n) is 8.18. The maximum absolute atomic E-state index is 10.5. The SMILES string of the molecule is CCC(O)(CC)CCC=C(C)c1cccc(N(C)Cc2ccc(CO)c(CO)c2)c1. The van der Waals surface area contributed by atoms with Gasteiger partial charge in [-0.25, -0.2) is 0 Å². The van der Waals surface area contributed by atoms with E-state index in [1.165, 1.54) is 11.1 Å². The van der Waals surface area contributed by atoms with E-state index in [1.54, 1.807) is 0 Å². The first-order valence-corrected chi connectivity index (χ1v) is 10.9. The Kier molecular flexibility index (Phi) is 9.09. The summed E-state index contributed by atoms with van der Waals surface area (Å²) in [5, 5.41) is 29.4. The van der Waals surface area contributed by atoms with Gasteiger partial charge in [0.15, 0.2) is 0 Å². The molecule has 0 radical (unpaired) electrons. The van der Waals surface area contributed by atoms with E-state index in [0.717, 1.165) is 48.1 Å². The summed E-state index contributed by atoms with van der Waals surface area (Å²) in [6.45, 7) is 6.79. The molecular formula is C26H37NO3. The topological polar surface area (TPSA) is 63.9 Å². The summed E-state index contributed by atoms with van der Waals surface area (Å²) in [7, 11) is 2.05. The zero-order valence-electron chi connectivity index (χ0n) is 18.9.